The summed E-state index contributed by atoms with van der Waals surface area (Å²) in [5.74, 6) is 0.676. The van der Waals surface area contributed by atoms with E-state index in [1.807, 2.05) is 12.1 Å². The van der Waals surface area contributed by atoms with Gasteiger partial charge < -0.3 is 10.2 Å². The predicted molar refractivity (Wildman–Crippen MR) is 83.9 cm³/mol. The van der Waals surface area contributed by atoms with E-state index >= 15 is 0 Å². The molecule has 2 fully saturated rings. The van der Waals surface area contributed by atoms with Gasteiger partial charge in [-0.15, -0.1) is 0 Å². The highest BCUT2D eigenvalue weighted by Crippen LogP contribution is 2.23. The lowest BCUT2D eigenvalue weighted by Crippen LogP contribution is -2.25. The number of hydrogen-bond acceptors (Lipinski definition) is 4. The normalized spacial score (nSPS) is 23.4. The minimum Gasteiger partial charge on any atom is -0.385 e. The summed E-state index contributed by atoms with van der Waals surface area (Å²) in [7, 11) is -1.19. The van der Waals surface area contributed by atoms with E-state index in [4.69, 9.17) is 0 Å². The van der Waals surface area contributed by atoms with Crippen molar-refractivity contribution in [2.75, 3.05) is 32.0 Å². The number of likely N-dealkylation sites (tertiary alicyclic amines) is 1. The molecule has 21 heavy (non-hydrogen) atoms. The van der Waals surface area contributed by atoms with Crippen LogP contribution in [0.5, 0.6) is 0 Å². The lowest BCUT2D eigenvalue weighted by atomic mass is 10.1. The van der Waals surface area contributed by atoms with Crippen LogP contribution in [0.2, 0.25) is 0 Å². The van der Waals surface area contributed by atoms with Crippen LogP contribution in [0.15, 0.2) is 29.2 Å². The van der Waals surface area contributed by atoms with Gasteiger partial charge in [0.15, 0.2) is 0 Å². The fourth-order valence-corrected chi connectivity index (χ4v) is 4.00. The van der Waals surface area contributed by atoms with Crippen LogP contribution < -0.4 is 10.0 Å². The second-order valence-corrected chi connectivity index (χ2v) is 7.93. The Morgan fingerprint density at radius 3 is 2.48 bits per heavy atom. The molecular formula is C15H23N3O2S. The van der Waals surface area contributed by atoms with Gasteiger partial charge in [0.2, 0.25) is 10.0 Å². The molecule has 0 spiro atoms. The van der Waals surface area contributed by atoms with E-state index in [-0.39, 0.29) is 6.04 Å². The second-order valence-electron chi connectivity index (χ2n) is 6.22. The van der Waals surface area contributed by atoms with Gasteiger partial charge in [-0.25, -0.2) is 13.1 Å². The first-order valence-corrected chi connectivity index (χ1v) is 9.06. The van der Waals surface area contributed by atoms with Crippen molar-refractivity contribution >= 4 is 15.7 Å². The van der Waals surface area contributed by atoms with Crippen molar-refractivity contribution in [3.05, 3.63) is 24.3 Å². The first-order chi connectivity index (χ1) is 10.0. The van der Waals surface area contributed by atoms with Gasteiger partial charge in [0.1, 0.15) is 0 Å². The largest absolute Gasteiger partial charge is 0.385 e. The number of hydrogen-bond donors (Lipinski definition) is 2. The average molecular weight is 309 g/mol. The van der Waals surface area contributed by atoms with E-state index in [1.165, 1.54) is 6.42 Å². The standard InChI is InChI=1S/C15H23N3O2S/c1-18-9-8-12(11-18)10-16-13-4-6-15(7-5-13)21(19,20)17-14-2-3-14/h4-7,12,14,16-17H,2-3,8-11H2,1H3. The van der Waals surface area contributed by atoms with Gasteiger partial charge >= 0.3 is 0 Å². The molecule has 5 nitrogen and oxygen atoms in total. The molecule has 1 aliphatic heterocycles. The summed E-state index contributed by atoms with van der Waals surface area (Å²) < 4.78 is 26.8. The maximum absolute atomic E-state index is 12.1. The molecule has 116 valence electrons. The van der Waals surface area contributed by atoms with Gasteiger partial charge in [0.25, 0.3) is 0 Å². The third-order valence-electron chi connectivity index (χ3n) is 4.15. The Kier molecular flexibility index (Phi) is 4.19. The van der Waals surface area contributed by atoms with Crippen molar-refractivity contribution in [3.63, 3.8) is 0 Å². The Hall–Kier alpha value is -1.11. The number of benzene rings is 1. The number of rotatable bonds is 6. The molecule has 1 atom stereocenters. The topological polar surface area (TPSA) is 61.4 Å². The maximum Gasteiger partial charge on any atom is 0.240 e. The van der Waals surface area contributed by atoms with E-state index in [0.29, 0.717) is 10.8 Å². The summed E-state index contributed by atoms with van der Waals surface area (Å²) in [6.45, 7) is 3.23. The Labute approximate surface area is 126 Å². The zero-order valence-corrected chi connectivity index (χ0v) is 13.2. The van der Waals surface area contributed by atoms with Crippen molar-refractivity contribution in [3.8, 4) is 0 Å². The first kappa shape index (κ1) is 14.8. The number of sulfonamides is 1. The van der Waals surface area contributed by atoms with Gasteiger partial charge in [-0.2, -0.15) is 0 Å². The minimum atomic E-state index is -3.34. The Morgan fingerprint density at radius 1 is 1.19 bits per heavy atom. The highest BCUT2D eigenvalue weighted by Gasteiger charge is 2.27. The molecule has 1 heterocycles. The van der Waals surface area contributed by atoms with Crippen molar-refractivity contribution < 1.29 is 8.42 Å². The third kappa shape index (κ3) is 3.96. The zero-order chi connectivity index (χ0) is 14.9. The third-order valence-corrected chi connectivity index (χ3v) is 5.68. The summed E-state index contributed by atoms with van der Waals surface area (Å²) in [4.78, 5) is 2.69. The van der Waals surface area contributed by atoms with Crippen LogP contribution in [0.3, 0.4) is 0 Å². The molecule has 1 unspecified atom stereocenters. The van der Waals surface area contributed by atoms with E-state index in [9.17, 15) is 8.42 Å². The molecule has 1 aromatic carbocycles. The Bertz CT molecular complexity index is 581. The molecular weight excluding hydrogens is 286 g/mol. The Morgan fingerprint density at radius 2 is 1.90 bits per heavy atom. The van der Waals surface area contributed by atoms with E-state index < -0.39 is 10.0 Å². The van der Waals surface area contributed by atoms with E-state index in [1.54, 1.807) is 12.1 Å². The number of anilines is 1. The Balaban J connectivity index is 1.56. The average Bonchev–Trinajstić information content (AvgIpc) is 3.16. The predicted octanol–water partition coefficient (Wildman–Crippen LogP) is 1.49. The summed E-state index contributed by atoms with van der Waals surface area (Å²) in [5.41, 5.74) is 0.981. The summed E-state index contributed by atoms with van der Waals surface area (Å²) in [6.07, 6.45) is 3.13. The van der Waals surface area contributed by atoms with Crippen LogP contribution in [0, 0.1) is 5.92 Å². The van der Waals surface area contributed by atoms with Gasteiger partial charge in [-0.1, -0.05) is 0 Å². The summed E-state index contributed by atoms with van der Waals surface area (Å²) >= 11 is 0. The van der Waals surface area contributed by atoms with Crippen molar-refractivity contribution in [2.24, 2.45) is 5.92 Å². The monoisotopic (exact) mass is 309 g/mol. The molecule has 0 aromatic heterocycles. The van der Waals surface area contributed by atoms with Crippen molar-refractivity contribution in [1.29, 1.82) is 0 Å². The molecule has 3 rings (SSSR count). The highest BCUT2D eigenvalue weighted by molar-refractivity contribution is 7.89. The smallest absolute Gasteiger partial charge is 0.240 e. The van der Waals surface area contributed by atoms with Gasteiger partial charge in [0.05, 0.1) is 4.90 Å². The van der Waals surface area contributed by atoms with Crippen molar-refractivity contribution in [2.45, 2.75) is 30.2 Å². The number of nitrogens with zero attached hydrogens (tertiary/aromatic N) is 1. The van der Waals surface area contributed by atoms with Crippen LogP contribution in [-0.4, -0.2) is 46.0 Å². The second kappa shape index (κ2) is 5.94. The highest BCUT2D eigenvalue weighted by atomic mass is 32.2. The van der Waals surface area contributed by atoms with Crippen LogP contribution >= 0.6 is 0 Å². The van der Waals surface area contributed by atoms with Crippen molar-refractivity contribution in [1.82, 2.24) is 9.62 Å². The van der Waals surface area contributed by atoms with Crippen LogP contribution in [0.4, 0.5) is 5.69 Å². The maximum atomic E-state index is 12.1. The molecule has 1 aliphatic carbocycles. The first-order valence-electron chi connectivity index (χ1n) is 7.58. The SMILES string of the molecule is CN1CCC(CNc2ccc(S(=O)(=O)NC3CC3)cc2)C1. The molecule has 2 aliphatic rings. The molecule has 0 amide bonds. The molecule has 6 heteroatoms. The van der Waals surface area contributed by atoms with Gasteiger partial charge in [0, 0.05) is 24.8 Å². The quantitative estimate of drug-likeness (QED) is 0.836. The van der Waals surface area contributed by atoms with E-state index in [2.05, 4.69) is 22.0 Å². The van der Waals surface area contributed by atoms with Crippen LogP contribution in [0.1, 0.15) is 19.3 Å². The number of nitrogens with one attached hydrogen (secondary N) is 2. The van der Waals surface area contributed by atoms with Gasteiger partial charge in [-0.05, 0) is 63.0 Å². The van der Waals surface area contributed by atoms with Crippen LogP contribution in [0.25, 0.3) is 0 Å². The van der Waals surface area contributed by atoms with Gasteiger partial charge in [-0.3, -0.25) is 0 Å². The molecule has 1 saturated carbocycles. The molecule has 0 bridgehead atoms. The minimum absolute atomic E-state index is 0.146. The summed E-state index contributed by atoms with van der Waals surface area (Å²) in [6, 6.07) is 7.19. The molecule has 2 N–H and O–H groups in total. The fourth-order valence-electron chi connectivity index (χ4n) is 2.70. The molecule has 1 saturated heterocycles. The van der Waals surface area contributed by atoms with Crippen LogP contribution in [-0.2, 0) is 10.0 Å². The molecule has 1 aromatic rings. The lowest BCUT2D eigenvalue weighted by molar-refractivity contribution is 0.399. The zero-order valence-electron chi connectivity index (χ0n) is 12.4. The fraction of sp³-hybridized carbons (Fsp3) is 0.600. The molecule has 0 radical (unpaired) electrons. The summed E-state index contributed by atoms with van der Waals surface area (Å²) in [5, 5.41) is 3.40. The van der Waals surface area contributed by atoms with E-state index in [0.717, 1.165) is 38.2 Å². The lowest BCUT2D eigenvalue weighted by Gasteiger charge is -2.13.